The number of fused-ring (bicyclic) bond motifs is 2. The van der Waals surface area contributed by atoms with Gasteiger partial charge in [0.05, 0.1) is 17.7 Å². The lowest BCUT2D eigenvalue weighted by Gasteiger charge is -2.23. The van der Waals surface area contributed by atoms with Crippen molar-refractivity contribution >= 4 is 22.9 Å². The summed E-state index contributed by atoms with van der Waals surface area (Å²) in [6.45, 7) is 1.08. The summed E-state index contributed by atoms with van der Waals surface area (Å²) in [5.74, 6) is -0.262. The Labute approximate surface area is 134 Å². The number of ether oxygens (including phenoxy) is 1. The number of hydrogen-bond acceptors (Lipinski definition) is 5. The summed E-state index contributed by atoms with van der Waals surface area (Å²) < 4.78 is 5.03. The number of carbonyl (C=O) groups excluding carboxylic acids is 2. The lowest BCUT2D eigenvalue weighted by atomic mass is 9.82. The molecular weight excluding hydrogens is 292 g/mol. The Morgan fingerprint density at radius 3 is 2.04 bits per heavy atom. The first-order chi connectivity index (χ1) is 11.2. The summed E-state index contributed by atoms with van der Waals surface area (Å²) in [6.07, 6.45) is 0. The lowest BCUT2D eigenvalue weighted by molar-refractivity contribution is 0.0980. The van der Waals surface area contributed by atoms with E-state index in [2.05, 4.69) is 10.6 Å². The summed E-state index contributed by atoms with van der Waals surface area (Å²) in [5.41, 5.74) is 3.08. The first-order valence-electron chi connectivity index (χ1n) is 7.45. The minimum atomic E-state index is -0.132. The average molecular weight is 310 g/mol. The molecule has 1 aliphatic carbocycles. The minimum Gasteiger partial charge on any atom is -0.388 e. The fraction of sp³-hybridized carbons (Fsp3) is 0.222. The number of hydrogen-bond donors (Lipinski definition) is 2. The highest BCUT2D eigenvalue weighted by molar-refractivity contribution is 6.31. The zero-order chi connectivity index (χ0) is 16.4. The molecule has 0 unspecified atom stereocenters. The zero-order valence-corrected chi connectivity index (χ0v) is 13.1. The molecule has 0 bridgehead atoms. The van der Waals surface area contributed by atoms with Crippen molar-refractivity contribution in [1.29, 1.82) is 0 Å². The molecular formula is C18H18N2O3. The van der Waals surface area contributed by atoms with Crippen LogP contribution in [0.15, 0.2) is 36.4 Å². The monoisotopic (exact) mass is 310 g/mol. The van der Waals surface area contributed by atoms with Gasteiger partial charge in [0.15, 0.2) is 11.6 Å². The van der Waals surface area contributed by atoms with Crippen molar-refractivity contribution in [3.8, 4) is 0 Å². The summed E-state index contributed by atoms with van der Waals surface area (Å²) in [7, 11) is 3.36. The van der Waals surface area contributed by atoms with Crippen molar-refractivity contribution in [2.45, 2.75) is 0 Å². The van der Waals surface area contributed by atoms with Crippen molar-refractivity contribution < 1.29 is 14.3 Å². The molecule has 5 nitrogen and oxygen atoms in total. The molecule has 1 aliphatic rings. The van der Waals surface area contributed by atoms with E-state index in [4.69, 9.17) is 4.74 Å². The summed E-state index contributed by atoms with van der Waals surface area (Å²) in [5, 5.41) is 6.19. The van der Waals surface area contributed by atoms with E-state index in [0.29, 0.717) is 46.8 Å². The fourth-order valence-electron chi connectivity index (χ4n) is 2.87. The van der Waals surface area contributed by atoms with Gasteiger partial charge in [0, 0.05) is 43.2 Å². The Balaban J connectivity index is 2.16. The van der Waals surface area contributed by atoms with E-state index < -0.39 is 0 Å². The van der Waals surface area contributed by atoms with Crippen molar-refractivity contribution in [3.05, 3.63) is 58.7 Å². The van der Waals surface area contributed by atoms with Crippen LogP contribution in [0.25, 0.3) is 0 Å². The molecule has 0 saturated heterocycles. The van der Waals surface area contributed by atoms with Crippen molar-refractivity contribution in [2.24, 2.45) is 0 Å². The average Bonchev–Trinajstić information content (AvgIpc) is 2.59. The van der Waals surface area contributed by atoms with Gasteiger partial charge in [-0.05, 0) is 12.1 Å². The van der Waals surface area contributed by atoms with E-state index in [0.717, 1.165) is 0 Å². The van der Waals surface area contributed by atoms with Crippen LogP contribution in [-0.2, 0) is 4.74 Å². The molecule has 0 atom stereocenters. The smallest absolute Gasteiger partial charge is 0.196 e. The highest BCUT2D eigenvalue weighted by Crippen LogP contribution is 2.36. The van der Waals surface area contributed by atoms with Crippen LogP contribution in [0, 0.1) is 0 Å². The van der Waals surface area contributed by atoms with Crippen LogP contribution >= 0.6 is 0 Å². The number of benzene rings is 2. The lowest BCUT2D eigenvalue weighted by Crippen LogP contribution is -2.24. The second-order valence-electron chi connectivity index (χ2n) is 5.28. The number of ketones is 2. The van der Waals surface area contributed by atoms with Crippen molar-refractivity contribution in [2.75, 3.05) is 37.9 Å². The van der Waals surface area contributed by atoms with Gasteiger partial charge in [-0.2, -0.15) is 0 Å². The van der Waals surface area contributed by atoms with Crippen molar-refractivity contribution in [1.82, 2.24) is 0 Å². The standard InChI is InChI=1S/C18H18N2O3/c1-19-13-7-8-14(20-9-10-23-2)16-15(13)17(21)11-5-3-4-6-12(11)18(16)22/h3-8,19-20H,9-10H2,1-2H3. The van der Waals surface area contributed by atoms with Crippen LogP contribution in [0.3, 0.4) is 0 Å². The van der Waals surface area contributed by atoms with Crippen LogP contribution in [0.4, 0.5) is 11.4 Å². The molecule has 3 rings (SSSR count). The van der Waals surface area contributed by atoms with Gasteiger partial charge in [-0.25, -0.2) is 0 Å². The predicted octanol–water partition coefficient (Wildman–Crippen LogP) is 2.56. The minimum absolute atomic E-state index is 0.130. The highest BCUT2D eigenvalue weighted by Gasteiger charge is 2.33. The largest absolute Gasteiger partial charge is 0.388 e. The zero-order valence-electron chi connectivity index (χ0n) is 13.1. The molecule has 2 aromatic carbocycles. The fourth-order valence-corrected chi connectivity index (χ4v) is 2.87. The van der Waals surface area contributed by atoms with Gasteiger partial charge in [-0.3, -0.25) is 9.59 Å². The van der Waals surface area contributed by atoms with Crippen molar-refractivity contribution in [3.63, 3.8) is 0 Å². The number of methoxy groups -OCH3 is 1. The van der Waals surface area contributed by atoms with Crippen LogP contribution in [0.2, 0.25) is 0 Å². The van der Waals surface area contributed by atoms with Crippen LogP contribution in [0.1, 0.15) is 31.8 Å². The van der Waals surface area contributed by atoms with Gasteiger partial charge >= 0.3 is 0 Å². The Morgan fingerprint density at radius 1 is 0.913 bits per heavy atom. The third-order valence-electron chi connectivity index (χ3n) is 3.97. The number of carbonyl (C=O) groups is 2. The van der Waals surface area contributed by atoms with Crippen LogP contribution < -0.4 is 10.6 Å². The van der Waals surface area contributed by atoms with Gasteiger partial charge in [0.2, 0.25) is 0 Å². The predicted molar refractivity (Wildman–Crippen MR) is 89.7 cm³/mol. The molecule has 5 heteroatoms. The molecule has 0 aliphatic heterocycles. The van der Waals surface area contributed by atoms with E-state index in [9.17, 15) is 9.59 Å². The van der Waals surface area contributed by atoms with E-state index in [-0.39, 0.29) is 11.6 Å². The normalized spacial score (nSPS) is 12.6. The quantitative estimate of drug-likeness (QED) is 0.709. The van der Waals surface area contributed by atoms with E-state index >= 15 is 0 Å². The first-order valence-corrected chi connectivity index (χ1v) is 7.45. The van der Waals surface area contributed by atoms with Crippen LogP contribution in [-0.4, -0.2) is 38.9 Å². The molecule has 0 saturated carbocycles. The number of anilines is 2. The van der Waals surface area contributed by atoms with Gasteiger partial charge in [0.1, 0.15) is 0 Å². The maximum atomic E-state index is 12.9. The molecule has 0 amide bonds. The highest BCUT2D eigenvalue weighted by atomic mass is 16.5. The summed E-state index contributed by atoms with van der Waals surface area (Å²) >= 11 is 0. The van der Waals surface area contributed by atoms with E-state index in [1.54, 1.807) is 38.4 Å². The number of nitrogens with one attached hydrogen (secondary N) is 2. The molecule has 0 spiro atoms. The Kier molecular flexibility index (Phi) is 4.12. The molecule has 2 aromatic rings. The third kappa shape index (κ3) is 2.49. The second-order valence-corrected chi connectivity index (χ2v) is 5.28. The summed E-state index contributed by atoms with van der Waals surface area (Å²) in [6, 6.07) is 10.6. The Morgan fingerprint density at radius 2 is 1.48 bits per heavy atom. The second kappa shape index (κ2) is 6.22. The first kappa shape index (κ1) is 15.2. The molecule has 23 heavy (non-hydrogen) atoms. The molecule has 0 heterocycles. The third-order valence-corrected chi connectivity index (χ3v) is 3.97. The molecule has 118 valence electrons. The summed E-state index contributed by atoms with van der Waals surface area (Å²) in [4.78, 5) is 25.8. The maximum Gasteiger partial charge on any atom is 0.196 e. The van der Waals surface area contributed by atoms with Crippen LogP contribution in [0.5, 0.6) is 0 Å². The van der Waals surface area contributed by atoms with Gasteiger partial charge < -0.3 is 15.4 Å². The molecule has 0 fully saturated rings. The SMILES string of the molecule is CNc1ccc(NCCOC)c2c1C(=O)c1ccccc1C2=O. The molecule has 0 aromatic heterocycles. The van der Waals surface area contributed by atoms with E-state index in [1.807, 2.05) is 12.1 Å². The Hall–Kier alpha value is -2.66. The molecule has 0 radical (unpaired) electrons. The topological polar surface area (TPSA) is 67.4 Å². The Bertz CT molecular complexity index is 784. The maximum absolute atomic E-state index is 12.9. The van der Waals surface area contributed by atoms with Gasteiger partial charge in [0.25, 0.3) is 0 Å². The number of rotatable bonds is 5. The van der Waals surface area contributed by atoms with E-state index in [1.165, 1.54) is 0 Å². The van der Waals surface area contributed by atoms with Gasteiger partial charge in [-0.1, -0.05) is 24.3 Å². The van der Waals surface area contributed by atoms with Gasteiger partial charge in [-0.15, -0.1) is 0 Å². The molecule has 2 N–H and O–H groups in total.